The molecule has 1 rings (SSSR count). The van der Waals surface area contributed by atoms with Crippen molar-refractivity contribution in [3.8, 4) is 0 Å². The molecule has 5 heteroatoms. The Labute approximate surface area is 103 Å². The maximum absolute atomic E-state index is 12.6. The summed E-state index contributed by atoms with van der Waals surface area (Å²) in [4.78, 5) is 0. The molecule has 0 heterocycles. The van der Waals surface area contributed by atoms with E-state index in [1.54, 1.807) is 6.92 Å². The lowest BCUT2D eigenvalue weighted by molar-refractivity contribution is -0.137. The third-order valence-corrected chi connectivity index (χ3v) is 2.62. The highest BCUT2D eigenvalue weighted by Gasteiger charge is 2.33. The summed E-state index contributed by atoms with van der Waals surface area (Å²) in [5.74, 6) is 0. The number of hydrogen-bond acceptors (Lipinski definition) is 1. The highest BCUT2D eigenvalue weighted by molar-refractivity contribution is 6.31. The van der Waals surface area contributed by atoms with E-state index in [0.717, 1.165) is 11.6 Å². The number of benzene rings is 1. The molecule has 0 fully saturated rings. The molecule has 1 aromatic carbocycles. The van der Waals surface area contributed by atoms with Gasteiger partial charge in [-0.05, 0) is 31.0 Å². The monoisotopic (exact) mass is 263 g/mol. The van der Waals surface area contributed by atoms with Gasteiger partial charge in [-0.15, -0.1) is 6.58 Å². The first-order valence-electron chi connectivity index (χ1n) is 4.98. The van der Waals surface area contributed by atoms with Crippen LogP contribution >= 0.6 is 11.6 Å². The van der Waals surface area contributed by atoms with Crippen LogP contribution in [-0.4, -0.2) is 0 Å². The van der Waals surface area contributed by atoms with Crippen LogP contribution in [0.25, 0.3) is 0 Å². The van der Waals surface area contributed by atoms with Crippen LogP contribution < -0.4 is 5.73 Å². The maximum atomic E-state index is 12.6. The fourth-order valence-electron chi connectivity index (χ4n) is 1.48. The Morgan fingerprint density at radius 1 is 1.47 bits per heavy atom. The molecule has 2 N–H and O–H groups in total. The maximum Gasteiger partial charge on any atom is 0.417 e. The van der Waals surface area contributed by atoms with Crippen molar-refractivity contribution in [1.29, 1.82) is 0 Å². The second-order valence-corrected chi connectivity index (χ2v) is 4.41. The van der Waals surface area contributed by atoms with Crippen molar-refractivity contribution < 1.29 is 13.2 Å². The molecule has 1 nitrogen and oxygen atoms in total. The molecular weight excluding hydrogens is 251 g/mol. The van der Waals surface area contributed by atoms with Gasteiger partial charge >= 0.3 is 6.18 Å². The smallest absolute Gasteiger partial charge is 0.324 e. The van der Waals surface area contributed by atoms with Gasteiger partial charge in [-0.3, -0.25) is 0 Å². The first-order chi connectivity index (χ1) is 7.71. The molecule has 0 aromatic heterocycles. The van der Waals surface area contributed by atoms with Crippen LogP contribution in [0.3, 0.4) is 0 Å². The average molecular weight is 264 g/mol. The minimum Gasteiger partial charge on any atom is -0.324 e. The number of alkyl halides is 3. The molecule has 0 spiro atoms. The van der Waals surface area contributed by atoms with E-state index < -0.39 is 17.8 Å². The zero-order valence-corrected chi connectivity index (χ0v) is 10.1. The van der Waals surface area contributed by atoms with E-state index in [9.17, 15) is 13.2 Å². The van der Waals surface area contributed by atoms with E-state index in [2.05, 4.69) is 6.58 Å². The molecule has 0 aliphatic heterocycles. The molecular formula is C12H13ClF3N. The molecule has 0 aliphatic carbocycles. The first-order valence-corrected chi connectivity index (χ1v) is 5.36. The van der Waals surface area contributed by atoms with Gasteiger partial charge < -0.3 is 5.73 Å². The third kappa shape index (κ3) is 3.75. The Hall–Kier alpha value is -1.00. The number of halogens is 4. The van der Waals surface area contributed by atoms with Crippen molar-refractivity contribution in [3.63, 3.8) is 0 Å². The average Bonchev–Trinajstić information content (AvgIpc) is 2.15. The fraction of sp³-hybridized carbons (Fsp3) is 0.333. The van der Waals surface area contributed by atoms with Gasteiger partial charge in [0.05, 0.1) is 10.6 Å². The Morgan fingerprint density at radius 2 is 2.06 bits per heavy atom. The molecule has 1 atom stereocenters. The summed E-state index contributed by atoms with van der Waals surface area (Å²) in [6.45, 7) is 5.46. The second kappa shape index (κ2) is 5.10. The molecule has 94 valence electrons. The minimum atomic E-state index is -4.46. The molecule has 0 saturated carbocycles. The summed E-state index contributed by atoms with van der Waals surface area (Å²) in [6.07, 6.45) is -4.02. The van der Waals surface area contributed by atoms with E-state index in [-0.39, 0.29) is 5.02 Å². The summed E-state index contributed by atoms with van der Waals surface area (Å²) < 4.78 is 37.8. The van der Waals surface area contributed by atoms with Crippen molar-refractivity contribution in [2.24, 2.45) is 5.73 Å². The molecule has 0 amide bonds. The SMILES string of the molecule is C=C(C)C[C@H](N)c1ccc(Cl)c(C(F)(F)F)c1. The van der Waals surface area contributed by atoms with Gasteiger partial charge in [0.1, 0.15) is 0 Å². The van der Waals surface area contributed by atoms with Crippen molar-refractivity contribution in [3.05, 3.63) is 46.5 Å². The quantitative estimate of drug-likeness (QED) is 0.808. The van der Waals surface area contributed by atoms with Crippen LogP contribution in [0.2, 0.25) is 5.02 Å². The number of nitrogens with two attached hydrogens (primary N) is 1. The fourth-order valence-corrected chi connectivity index (χ4v) is 1.71. The van der Waals surface area contributed by atoms with Gasteiger partial charge in [-0.2, -0.15) is 13.2 Å². The van der Waals surface area contributed by atoms with Crippen molar-refractivity contribution >= 4 is 11.6 Å². The first kappa shape index (κ1) is 14.1. The minimum absolute atomic E-state index is 0.316. The van der Waals surface area contributed by atoms with Crippen molar-refractivity contribution in [2.45, 2.75) is 25.6 Å². The van der Waals surface area contributed by atoms with Gasteiger partial charge in [0.25, 0.3) is 0 Å². The molecule has 0 saturated heterocycles. The zero-order chi connectivity index (χ0) is 13.2. The van der Waals surface area contributed by atoms with Crippen LogP contribution in [0.15, 0.2) is 30.4 Å². The van der Waals surface area contributed by atoms with Crippen LogP contribution in [-0.2, 0) is 6.18 Å². The molecule has 0 unspecified atom stereocenters. The Balaban J connectivity index is 3.08. The van der Waals surface area contributed by atoms with E-state index in [0.29, 0.717) is 12.0 Å². The van der Waals surface area contributed by atoms with E-state index in [1.807, 2.05) is 0 Å². The highest BCUT2D eigenvalue weighted by Crippen LogP contribution is 2.36. The Bertz CT molecular complexity index is 426. The molecule has 0 aliphatic rings. The molecule has 0 radical (unpaired) electrons. The summed E-state index contributed by atoms with van der Waals surface area (Å²) in [5, 5.41) is -0.316. The molecule has 17 heavy (non-hydrogen) atoms. The third-order valence-electron chi connectivity index (χ3n) is 2.29. The Kier molecular flexibility index (Phi) is 4.22. The van der Waals surface area contributed by atoms with Gasteiger partial charge in [0, 0.05) is 6.04 Å². The molecule has 1 aromatic rings. The summed E-state index contributed by atoms with van der Waals surface area (Å²) in [6, 6.07) is 3.23. The van der Waals surface area contributed by atoms with Crippen molar-refractivity contribution in [1.82, 2.24) is 0 Å². The second-order valence-electron chi connectivity index (χ2n) is 4.00. The van der Waals surface area contributed by atoms with Gasteiger partial charge in [0.15, 0.2) is 0 Å². The summed E-state index contributed by atoms with van der Waals surface area (Å²) in [7, 11) is 0. The molecule has 0 bridgehead atoms. The van der Waals surface area contributed by atoms with Gasteiger partial charge in [-0.25, -0.2) is 0 Å². The lowest BCUT2D eigenvalue weighted by atomic mass is 9.99. The lowest BCUT2D eigenvalue weighted by Crippen LogP contribution is -2.13. The largest absolute Gasteiger partial charge is 0.417 e. The summed E-state index contributed by atoms with van der Waals surface area (Å²) in [5.41, 5.74) is 6.16. The zero-order valence-electron chi connectivity index (χ0n) is 9.31. The number of rotatable bonds is 3. The lowest BCUT2D eigenvalue weighted by Gasteiger charge is -2.15. The topological polar surface area (TPSA) is 26.0 Å². The summed E-state index contributed by atoms with van der Waals surface area (Å²) >= 11 is 5.51. The predicted molar refractivity (Wildman–Crippen MR) is 62.8 cm³/mol. The van der Waals surface area contributed by atoms with Crippen LogP contribution in [0.1, 0.15) is 30.5 Å². The van der Waals surface area contributed by atoms with Crippen LogP contribution in [0.5, 0.6) is 0 Å². The van der Waals surface area contributed by atoms with Gasteiger partial charge in [-0.1, -0.05) is 23.2 Å². The number of hydrogen-bond donors (Lipinski definition) is 1. The van der Waals surface area contributed by atoms with Crippen LogP contribution in [0, 0.1) is 0 Å². The van der Waals surface area contributed by atoms with Crippen molar-refractivity contribution in [2.75, 3.05) is 0 Å². The normalized spacial score (nSPS) is 13.5. The predicted octanol–water partition coefficient (Wildman–Crippen LogP) is 4.32. The van der Waals surface area contributed by atoms with E-state index in [1.165, 1.54) is 12.1 Å². The van der Waals surface area contributed by atoms with E-state index in [4.69, 9.17) is 17.3 Å². The van der Waals surface area contributed by atoms with Gasteiger partial charge in [0.2, 0.25) is 0 Å². The van der Waals surface area contributed by atoms with Crippen LogP contribution in [0.4, 0.5) is 13.2 Å². The van der Waals surface area contributed by atoms with E-state index >= 15 is 0 Å². The Morgan fingerprint density at radius 3 is 2.53 bits per heavy atom. The highest BCUT2D eigenvalue weighted by atomic mass is 35.5. The standard InChI is InChI=1S/C12H13ClF3N/c1-7(2)5-11(17)8-3-4-10(13)9(6-8)12(14,15)16/h3-4,6,11H,1,5,17H2,2H3/t11-/m0/s1.